The lowest BCUT2D eigenvalue weighted by atomic mass is 9.74. The minimum atomic E-state index is 0.148. The average Bonchev–Trinajstić information content (AvgIpc) is 3.23. The molecule has 3 atom stereocenters. The van der Waals surface area contributed by atoms with Crippen molar-refractivity contribution in [2.24, 2.45) is 11.8 Å². The molecule has 19 heavy (non-hydrogen) atoms. The third-order valence-corrected chi connectivity index (χ3v) is 5.54. The summed E-state index contributed by atoms with van der Waals surface area (Å²) >= 11 is 0. The van der Waals surface area contributed by atoms with Crippen molar-refractivity contribution in [3.05, 3.63) is 0 Å². The third kappa shape index (κ3) is 3.32. The van der Waals surface area contributed by atoms with E-state index in [1.165, 1.54) is 25.7 Å². The van der Waals surface area contributed by atoms with E-state index in [9.17, 15) is 0 Å². The molecule has 0 aromatic carbocycles. The standard InChI is InChI=1S/C16H29NO2/c1-12(13(2)17-15-3-4-15)14-5-8-19-16(11-14)6-9-18-10-7-16/h12-15,17H,3-11H2,1-2H3. The van der Waals surface area contributed by atoms with Gasteiger partial charge in [-0.25, -0.2) is 0 Å². The van der Waals surface area contributed by atoms with Gasteiger partial charge in [0.2, 0.25) is 0 Å². The van der Waals surface area contributed by atoms with E-state index in [0.29, 0.717) is 6.04 Å². The van der Waals surface area contributed by atoms with Crippen molar-refractivity contribution in [2.75, 3.05) is 19.8 Å². The van der Waals surface area contributed by atoms with Gasteiger partial charge >= 0.3 is 0 Å². The molecular formula is C16H29NO2. The second-order valence-corrected chi connectivity index (χ2v) is 6.99. The summed E-state index contributed by atoms with van der Waals surface area (Å²) in [6, 6.07) is 1.46. The maximum absolute atomic E-state index is 6.16. The lowest BCUT2D eigenvalue weighted by Crippen LogP contribution is -2.48. The normalized spacial score (nSPS) is 34.1. The number of nitrogens with one attached hydrogen (secondary N) is 1. The number of hydrogen-bond acceptors (Lipinski definition) is 3. The third-order valence-electron chi connectivity index (χ3n) is 5.54. The topological polar surface area (TPSA) is 30.5 Å². The molecule has 1 aliphatic carbocycles. The second kappa shape index (κ2) is 5.71. The molecule has 0 aromatic rings. The molecule has 2 heterocycles. The highest BCUT2D eigenvalue weighted by Crippen LogP contribution is 2.40. The zero-order valence-electron chi connectivity index (χ0n) is 12.5. The molecule has 1 spiro atoms. The van der Waals surface area contributed by atoms with Gasteiger partial charge in [-0.3, -0.25) is 0 Å². The quantitative estimate of drug-likeness (QED) is 0.849. The van der Waals surface area contributed by atoms with Gasteiger partial charge in [-0.05, 0) is 57.3 Å². The van der Waals surface area contributed by atoms with Gasteiger partial charge in [-0.2, -0.15) is 0 Å². The number of ether oxygens (including phenoxy) is 2. The van der Waals surface area contributed by atoms with Crippen LogP contribution in [0.3, 0.4) is 0 Å². The van der Waals surface area contributed by atoms with Gasteiger partial charge in [-0.1, -0.05) is 6.92 Å². The Kier molecular flexibility index (Phi) is 4.16. The molecule has 3 nitrogen and oxygen atoms in total. The average molecular weight is 267 g/mol. The molecule has 3 rings (SSSR count). The Hall–Kier alpha value is -0.120. The summed E-state index contributed by atoms with van der Waals surface area (Å²) < 4.78 is 11.7. The van der Waals surface area contributed by atoms with Gasteiger partial charge < -0.3 is 14.8 Å². The van der Waals surface area contributed by atoms with Crippen molar-refractivity contribution in [1.29, 1.82) is 0 Å². The van der Waals surface area contributed by atoms with Crippen LogP contribution in [0, 0.1) is 11.8 Å². The fourth-order valence-electron chi connectivity index (χ4n) is 3.79. The van der Waals surface area contributed by atoms with Crippen molar-refractivity contribution in [3.63, 3.8) is 0 Å². The molecule has 2 saturated heterocycles. The van der Waals surface area contributed by atoms with Gasteiger partial charge in [-0.15, -0.1) is 0 Å². The van der Waals surface area contributed by atoms with E-state index in [1.54, 1.807) is 0 Å². The van der Waals surface area contributed by atoms with E-state index in [1.807, 2.05) is 0 Å². The van der Waals surface area contributed by atoms with Gasteiger partial charge in [0.15, 0.2) is 0 Å². The van der Waals surface area contributed by atoms with Crippen LogP contribution in [0.1, 0.15) is 52.4 Å². The zero-order valence-corrected chi connectivity index (χ0v) is 12.5. The van der Waals surface area contributed by atoms with Gasteiger partial charge in [0, 0.05) is 31.9 Å². The molecular weight excluding hydrogens is 238 g/mol. The first-order valence-electron chi connectivity index (χ1n) is 8.16. The van der Waals surface area contributed by atoms with Crippen LogP contribution in [-0.4, -0.2) is 37.5 Å². The van der Waals surface area contributed by atoms with Gasteiger partial charge in [0.1, 0.15) is 0 Å². The maximum Gasteiger partial charge on any atom is 0.0729 e. The Morgan fingerprint density at radius 3 is 2.47 bits per heavy atom. The van der Waals surface area contributed by atoms with Crippen LogP contribution in [0.15, 0.2) is 0 Å². The van der Waals surface area contributed by atoms with Crippen molar-refractivity contribution in [3.8, 4) is 0 Å². The molecule has 2 aliphatic heterocycles. The first-order chi connectivity index (χ1) is 9.19. The first-order valence-corrected chi connectivity index (χ1v) is 8.16. The predicted octanol–water partition coefficient (Wildman–Crippen LogP) is 2.74. The first kappa shape index (κ1) is 13.8. The van der Waals surface area contributed by atoms with Crippen LogP contribution in [0.5, 0.6) is 0 Å². The lowest BCUT2D eigenvalue weighted by Gasteiger charge is -2.45. The predicted molar refractivity (Wildman–Crippen MR) is 76.2 cm³/mol. The minimum absolute atomic E-state index is 0.148. The summed E-state index contributed by atoms with van der Waals surface area (Å²) in [6.07, 6.45) is 7.44. The SMILES string of the molecule is CC(NC1CC1)C(C)C1CCOC2(CCOCC2)C1. The Labute approximate surface area is 117 Å². The van der Waals surface area contributed by atoms with Gasteiger partial charge in [0.25, 0.3) is 0 Å². The van der Waals surface area contributed by atoms with E-state index in [2.05, 4.69) is 19.2 Å². The monoisotopic (exact) mass is 267 g/mol. The van der Waals surface area contributed by atoms with E-state index in [-0.39, 0.29) is 5.60 Å². The van der Waals surface area contributed by atoms with Crippen molar-refractivity contribution in [2.45, 2.75) is 70.1 Å². The molecule has 3 heteroatoms. The summed E-state index contributed by atoms with van der Waals surface area (Å²) in [5, 5.41) is 3.78. The fraction of sp³-hybridized carbons (Fsp3) is 1.00. The van der Waals surface area contributed by atoms with Crippen molar-refractivity contribution >= 4 is 0 Å². The summed E-state index contributed by atoms with van der Waals surface area (Å²) in [7, 11) is 0. The molecule has 1 N–H and O–H groups in total. The Balaban J connectivity index is 1.56. The molecule has 1 saturated carbocycles. The smallest absolute Gasteiger partial charge is 0.0729 e. The highest BCUT2D eigenvalue weighted by atomic mass is 16.5. The van der Waals surface area contributed by atoms with Gasteiger partial charge in [0.05, 0.1) is 5.60 Å². The largest absolute Gasteiger partial charge is 0.381 e. The van der Waals surface area contributed by atoms with Crippen molar-refractivity contribution in [1.82, 2.24) is 5.32 Å². The number of hydrogen-bond donors (Lipinski definition) is 1. The summed E-state index contributed by atoms with van der Waals surface area (Å²) in [4.78, 5) is 0. The summed E-state index contributed by atoms with van der Waals surface area (Å²) in [6.45, 7) is 7.53. The summed E-state index contributed by atoms with van der Waals surface area (Å²) in [5.41, 5.74) is 0.148. The van der Waals surface area contributed by atoms with Crippen LogP contribution in [0.2, 0.25) is 0 Å². The van der Waals surface area contributed by atoms with Crippen LogP contribution >= 0.6 is 0 Å². The summed E-state index contributed by atoms with van der Waals surface area (Å²) in [5.74, 6) is 1.57. The second-order valence-electron chi connectivity index (χ2n) is 6.99. The van der Waals surface area contributed by atoms with E-state index in [4.69, 9.17) is 9.47 Å². The Morgan fingerprint density at radius 1 is 1.05 bits per heavy atom. The molecule has 0 aromatic heterocycles. The van der Waals surface area contributed by atoms with Crippen LogP contribution in [0.4, 0.5) is 0 Å². The fourth-order valence-corrected chi connectivity index (χ4v) is 3.79. The van der Waals surface area contributed by atoms with Crippen LogP contribution in [-0.2, 0) is 9.47 Å². The maximum atomic E-state index is 6.16. The van der Waals surface area contributed by atoms with Crippen LogP contribution < -0.4 is 5.32 Å². The molecule has 110 valence electrons. The highest BCUT2D eigenvalue weighted by Gasteiger charge is 2.41. The minimum Gasteiger partial charge on any atom is -0.381 e. The zero-order chi connectivity index (χ0) is 13.3. The molecule has 3 aliphatic rings. The Bertz CT molecular complexity index is 292. The molecule has 0 amide bonds. The number of rotatable bonds is 4. The van der Waals surface area contributed by atoms with Crippen molar-refractivity contribution < 1.29 is 9.47 Å². The lowest BCUT2D eigenvalue weighted by molar-refractivity contribution is -0.153. The van der Waals surface area contributed by atoms with E-state index >= 15 is 0 Å². The molecule has 3 fully saturated rings. The van der Waals surface area contributed by atoms with E-state index < -0.39 is 0 Å². The highest BCUT2D eigenvalue weighted by molar-refractivity contribution is 4.93. The molecule has 0 radical (unpaired) electrons. The molecule has 0 bridgehead atoms. The van der Waals surface area contributed by atoms with E-state index in [0.717, 1.165) is 50.5 Å². The molecule has 3 unspecified atom stereocenters. The Morgan fingerprint density at radius 2 is 1.79 bits per heavy atom. The van der Waals surface area contributed by atoms with Crippen LogP contribution in [0.25, 0.3) is 0 Å².